The van der Waals surface area contributed by atoms with Crippen molar-refractivity contribution in [2.24, 2.45) is 0 Å². The average molecular weight is 224 g/mol. The minimum atomic E-state index is 0.471. The molecule has 0 aromatic heterocycles. The molecule has 0 N–H and O–H groups in total. The molecule has 0 aliphatic heterocycles. The van der Waals surface area contributed by atoms with Gasteiger partial charge in [0.05, 0.1) is 11.6 Å². The maximum atomic E-state index is 8.65. The fourth-order valence-electron chi connectivity index (χ4n) is 1.00. The van der Waals surface area contributed by atoms with Gasteiger partial charge in [0, 0.05) is 5.33 Å². The molecule has 1 aromatic rings. The van der Waals surface area contributed by atoms with Crippen molar-refractivity contribution >= 4 is 15.9 Å². The molecule has 12 heavy (non-hydrogen) atoms. The lowest BCUT2D eigenvalue weighted by Gasteiger charge is -2.06. The fourth-order valence-corrected chi connectivity index (χ4v) is 1.38. The van der Waals surface area contributed by atoms with Gasteiger partial charge in [-0.25, -0.2) is 0 Å². The second-order valence-electron chi connectivity index (χ2n) is 2.79. The molecule has 1 atom stereocenters. The molecule has 1 aromatic carbocycles. The lowest BCUT2D eigenvalue weighted by Crippen LogP contribution is -1.94. The normalized spacial score (nSPS) is 12.1. The van der Waals surface area contributed by atoms with Gasteiger partial charge in [0.1, 0.15) is 0 Å². The van der Waals surface area contributed by atoms with Crippen LogP contribution in [0, 0.1) is 11.3 Å². The summed E-state index contributed by atoms with van der Waals surface area (Å²) in [4.78, 5) is 0. The number of hydrogen-bond donors (Lipinski definition) is 0. The second kappa shape index (κ2) is 4.27. The van der Waals surface area contributed by atoms with Gasteiger partial charge in [-0.2, -0.15) is 5.26 Å². The van der Waals surface area contributed by atoms with Crippen molar-refractivity contribution in [2.45, 2.75) is 12.8 Å². The van der Waals surface area contributed by atoms with E-state index < -0.39 is 0 Å². The van der Waals surface area contributed by atoms with E-state index in [9.17, 15) is 0 Å². The molecular formula is C10H10BrN. The maximum absolute atomic E-state index is 8.65. The van der Waals surface area contributed by atoms with E-state index in [1.54, 1.807) is 0 Å². The molecule has 1 nitrogen and oxygen atoms in total. The highest BCUT2D eigenvalue weighted by atomic mass is 79.9. The summed E-state index contributed by atoms with van der Waals surface area (Å²) in [7, 11) is 0. The van der Waals surface area contributed by atoms with Crippen molar-refractivity contribution in [3.63, 3.8) is 0 Å². The topological polar surface area (TPSA) is 23.8 Å². The van der Waals surface area contributed by atoms with Crippen LogP contribution in [0.2, 0.25) is 0 Å². The molecular weight excluding hydrogens is 214 g/mol. The Morgan fingerprint density at radius 2 is 2.33 bits per heavy atom. The number of nitrogens with zero attached hydrogens (tertiary/aromatic N) is 1. The van der Waals surface area contributed by atoms with Crippen LogP contribution in [0.1, 0.15) is 24.0 Å². The first-order valence-electron chi connectivity index (χ1n) is 3.84. The Labute approximate surface area is 81.2 Å². The van der Waals surface area contributed by atoms with E-state index in [0.717, 1.165) is 10.9 Å². The van der Waals surface area contributed by atoms with Crippen molar-refractivity contribution in [2.75, 3.05) is 5.33 Å². The predicted molar refractivity (Wildman–Crippen MR) is 53.4 cm³/mol. The molecule has 1 rings (SSSR count). The monoisotopic (exact) mass is 223 g/mol. The third-order valence-electron chi connectivity index (χ3n) is 1.82. The van der Waals surface area contributed by atoms with E-state index in [-0.39, 0.29) is 0 Å². The predicted octanol–water partition coefficient (Wildman–Crippen LogP) is 3.06. The number of hydrogen-bond acceptors (Lipinski definition) is 1. The quantitative estimate of drug-likeness (QED) is 0.708. The highest BCUT2D eigenvalue weighted by molar-refractivity contribution is 9.09. The minimum absolute atomic E-state index is 0.471. The molecule has 0 saturated carbocycles. The number of benzene rings is 1. The lowest BCUT2D eigenvalue weighted by atomic mass is 10.0. The minimum Gasteiger partial charge on any atom is -0.192 e. The van der Waals surface area contributed by atoms with Gasteiger partial charge in [-0.1, -0.05) is 35.0 Å². The summed E-state index contributed by atoms with van der Waals surface area (Å²) < 4.78 is 0. The summed E-state index contributed by atoms with van der Waals surface area (Å²) in [5.74, 6) is 0.471. The van der Waals surface area contributed by atoms with Crippen LogP contribution in [-0.2, 0) is 0 Å². The first kappa shape index (κ1) is 9.28. The van der Waals surface area contributed by atoms with Crippen LogP contribution in [-0.4, -0.2) is 5.33 Å². The van der Waals surface area contributed by atoms with E-state index in [1.807, 2.05) is 24.3 Å². The highest BCUT2D eigenvalue weighted by Gasteiger charge is 2.03. The Morgan fingerprint density at radius 1 is 1.58 bits per heavy atom. The molecule has 0 aliphatic carbocycles. The van der Waals surface area contributed by atoms with Crippen LogP contribution in [0.25, 0.3) is 0 Å². The van der Waals surface area contributed by atoms with Crippen LogP contribution >= 0.6 is 15.9 Å². The molecule has 62 valence electrons. The summed E-state index contributed by atoms with van der Waals surface area (Å²) in [6, 6.07) is 9.86. The van der Waals surface area contributed by atoms with Gasteiger partial charge in [-0.05, 0) is 23.6 Å². The van der Waals surface area contributed by atoms with Gasteiger partial charge in [-0.3, -0.25) is 0 Å². The fraction of sp³-hybridized carbons (Fsp3) is 0.300. The van der Waals surface area contributed by atoms with Gasteiger partial charge in [-0.15, -0.1) is 0 Å². The summed E-state index contributed by atoms with van der Waals surface area (Å²) >= 11 is 3.42. The number of rotatable bonds is 2. The van der Waals surface area contributed by atoms with Crippen LogP contribution in [0.15, 0.2) is 24.3 Å². The summed E-state index contributed by atoms with van der Waals surface area (Å²) in [5, 5.41) is 9.59. The zero-order chi connectivity index (χ0) is 8.97. The summed E-state index contributed by atoms with van der Waals surface area (Å²) in [6.45, 7) is 2.13. The summed E-state index contributed by atoms with van der Waals surface area (Å²) in [6.07, 6.45) is 0. The number of nitriles is 1. The molecule has 0 aliphatic rings. The van der Waals surface area contributed by atoms with E-state index >= 15 is 0 Å². The van der Waals surface area contributed by atoms with Crippen molar-refractivity contribution in [3.8, 4) is 6.07 Å². The van der Waals surface area contributed by atoms with Crippen molar-refractivity contribution in [1.29, 1.82) is 5.26 Å². The average Bonchev–Trinajstić information content (AvgIpc) is 2.17. The van der Waals surface area contributed by atoms with Crippen LogP contribution in [0.5, 0.6) is 0 Å². The highest BCUT2D eigenvalue weighted by Crippen LogP contribution is 2.17. The van der Waals surface area contributed by atoms with E-state index in [1.165, 1.54) is 5.56 Å². The van der Waals surface area contributed by atoms with E-state index in [4.69, 9.17) is 5.26 Å². The van der Waals surface area contributed by atoms with Gasteiger partial charge in [0.15, 0.2) is 0 Å². The third-order valence-corrected chi connectivity index (χ3v) is 2.79. The van der Waals surface area contributed by atoms with Crippen molar-refractivity contribution < 1.29 is 0 Å². The Hall–Kier alpha value is -0.810. The van der Waals surface area contributed by atoms with Crippen LogP contribution in [0.4, 0.5) is 0 Å². The molecule has 0 saturated heterocycles. The van der Waals surface area contributed by atoms with Gasteiger partial charge in [0.25, 0.3) is 0 Å². The SMILES string of the molecule is CC(CBr)c1cccc(C#N)c1. The van der Waals surface area contributed by atoms with Gasteiger partial charge >= 0.3 is 0 Å². The largest absolute Gasteiger partial charge is 0.192 e. The van der Waals surface area contributed by atoms with Gasteiger partial charge < -0.3 is 0 Å². The first-order chi connectivity index (χ1) is 5.77. The Kier molecular flexibility index (Phi) is 3.31. The van der Waals surface area contributed by atoms with Crippen LogP contribution in [0.3, 0.4) is 0 Å². The molecule has 0 radical (unpaired) electrons. The molecule has 0 heterocycles. The number of halogens is 1. The third kappa shape index (κ3) is 2.09. The first-order valence-corrected chi connectivity index (χ1v) is 4.96. The molecule has 2 heteroatoms. The Balaban J connectivity index is 2.95. The smallest absolute Gasteiger partial charge is 0.0991 e. The Morgan fingerprint density at radius 3 is 2.92 bits per heavy atom. The lowest BCUT2D eigenvalue weighted by molar-refractivity contribution is 0.887. The summed E-state index contributed by atoms with van der Waals surface area (Å²) in [5.41, 5.74) is 1.95. The van der Waals surface area contributed by atoms with Crippen molar-refractivity contribution in [3.05, 3.63) is 35.4 Å². The second-order valence-corrected chi connectivity index (χ2v) is 3.44. The zero-order valence-electron chi connectivity index (χ0n) is 6.92. The molecule has 0 amide bonds. The molecule has 0 fully saturated rings. The number of alkyl halides is 1. The molecule has 0 spiro atoms. The van der Waals surface area contributed by atoms with Crippen LogP contribution < -0.4 is 0 Å². The maximum Gasteiger partial charge on any atom is 0.0991 e. The molecule has 1 unspecified atom stereocenters. The standard InChI is InChI=1S/C10H10BrN/c1-8(6-11)10-4-2-3-9(5-10)7-12/h2-5,8H,6H2,1H3. The zero-order valence-corrected chi connectivity index (χ0v) is 8.51. The van der Waals surface area contributed by atoms with E-state index in [0.29, 0.717) is 5.92 Å². The Bertz CT molecular complexity index is 301. The van der Waals surface area contributed by atoms with Gasteiger partial charge in [0.2, 0.25) is 0 Å². The van der Waals surface area contributed by atoms with Crippen molar-refractivity contribution in [1.82, 2.24) is 0 Å². The molecule has 0 bridgehead atoms. The van der Waals surface area contributed by atoms with E-state index in [2.05, 4.69) is 28.9 Å².